The first-order valence-corrected chi connectivity index (χ1v) is 22.6. The molecule has 13 rings (SSSR count). The number of fused-ring (bicyclic) bond motifs is 11. The molecule has 0 aliphatic carbocycles. The van der Waals surface area contributed by atoms with Gasteiger partial charge in [-0.25, -0.2) is 9.97 Å². The summed E-state index contributed by atoms with van der Waals surface area (Å²) in [6.07, 6.45) is 1.25. The highest BCUT2D eigenvalue weighted by Crippen LogP contribution is 2.44. The summed E-state index contributed by atoms with van der Waals surface area (Å²) in [6, 6.07) is 72.6. The molecule has 10 aromatic carbocycles. The molecular formula is C59H41N3S. The highest BCUT2D eigenvalue weighted by Gasteiger charge is 2.22. The molecule has 3 heterocycles. The molecule has 0 amide bonds. The van der Waals surface area contributed by atoms with E-state index in [2.05, 4.69) is 219 Å². The predicted octanol–water partition coefficient (Wildman–Crippen LogP) is 17.0. The van der Waals surface area contributed by atoms with Crippen LogP contribution in [0.3, 0.4) is 0 Å². The van der Waals surface area contributed by atoms with Gasteiger partial charge < -0.3 is 0 Å². The van der Waals surface area contributed by atoms with Crippen molar-refractivity contribution in [3.8, 4) is 39.5 Å². The van der Waals surface area contributed by atoms with E-state index in [9.17, 15) is 0 Å². The van der Waals surface area contributed by atoms with E-state index in [1.807, 2.05) is 11.3 Å². The molecule has 13 aromatic rings. The van der Waals surface area contributed by atoms with Crippen molar-refractivity contribution in [2.75, 3.05) is 0 Å². The molecule has 0 unspecified atom stereocenters. The lowest BCUT2D eigenvalue weighted by atomic mass is 9.96. The minimum atomic E-state index is 0.652. The van der Waals surface area contributed by atoms with Crippen molar-refractivity contribution in [1.82, 2.24) is 14.5 Å². The fraction of sp³-hybridized carbons (Fsp3) is 0.0508. The van der Waals surface area contributed by atoms with Gasteiger partial charge in [-0.05, 0) is 79.3 Å². The Morgan fingerprint density at radius 3 is 1.83 bits per heavy atom. The molecule has 0 aliphatic heterocycles. The zero-order valence-corrected chi connectivity index (χ0v) is 35.8. The Morgan fingerprint density at radius 1 is 0.413 bits per heavy atom. The number of aromatic nitrogens is 3. The Morgan fingerprint density at radius 2 is 1.02 bits per heavy atom. The van der Waals surface area contributed by atoms with Crippen LogP contribution < -0.4 is 0 Å². The molecule has 4 heteroatoms. The van der Waals surface area contributed by atoms with E-state index in [0.717, 1.165) is 38.8 Å². The second-order valence-corrected chi connectivity index (χ2v) is 17.5. The van der Waals surface area contributed by atoms with Crippen LogP contribution in [0.2, 0.25) is 0 Å². The van der Waals surface area contributed by atoms with Crippen molar-refractivity contribution in [3.63, 3.8) is 0 Å². The van der Waals surface area contributed by atoms with Crippen molar-refractivity contribution in [3.05, 3.63) is 200 Å². The molecule has 0 saturated carbocycles. The van der Waals surface area contributed by atoms with Crippen LogP contribution in [0.25, 0.3) is 125 Å². The number of hydrogen-bond donors (Lipinski definition) is 0. The Hall–Kier alpha value is -7.66. The SMILES string of the molecule is CCC.c1ccc2cc3c(cc2c1)c1cccc(-c2ccc4c(c2)sc2ccc5ccccc5c24)c1n3-c1nc(-c2ccc(-c3cccc4ccccc34)cc2)c2ccccc2n1. The molecule has 3 aromatic heterocycles. The quantitative estimate of drug-likeness (QED) is 0.177. The summed E-state index contributed by atoms with van der Waals surface area (Å²) in [6.45, 7) is 4.25. The standard InChI is InChI=1S/C56H33N3S.C3H8/c1-2-14-39-32-50-48(31-38(39)13-1)45-21-10-20-44(40-27-29-47-52(33-40)60-51-30-28-35-12-4-6-17-43(35)53(47)51)55(45)59(50)56-57-49-22-8-7-18-46(49)54(58-56)37-25-23-36(24-26-37)42-19-9-15-34-11-3-5-16-41(34)42;1-3-2/h1-33H;3H2,1-2H3. The maximum Gasteiger partial charge on any atom is 0.235 e. The van der Waals surface area contributed by atoms with Crippen molar-refractivity contribution in [2.24, 2.45) is 0 Å². The molecule has 0 radical (unpaired) electrons. The minimum Gasteiger partial charge on any atom is -0.277 e. The summed E-state index contributed by atoms with van der Waals surface area (Å²) in [5, 5.41) is 13.4. The third-order valence-corrected chi connectivity index (χ3v) is 13.5. The second kappa shape index (κ2) is 15.1. The molecule has 63 heavy (non-hydrogen) atoms. The molecule has 0 spiro atoms. The molecule has 3 nitrogen and oxygen atoms in total. The van der Waals surface area contributed by atoms with Gasteiger partial charge in [-0.1, -0.05) is 190 Å². The number of benzene rings is 10. The third-order valence-electron chi connectivity index (χ3n) is 12.4. The molecule has 0 fully saturated rings. The average Bonchev–Trinajstić information content (AvgIpc) is 3.88. The van der Waals surface area contributed by atoms with Gasteiger partial charge >= 0.3 is 0 Å². The summed E-state index contributed by atoms with van der Waals surface area (Å²) in [5.41, 5.74) is 9.76. The average molecular weight is 824 g/mol. The molecule has 0 aliphatic rings. The lowest BCUT2D eigenvalue weighted by molar-refractivity contribution is 1.01. The number of hydrogen-bond acceptors (Lipinski definition) is 3. The van der Waals surface area contributed by atoms with Gasteiger partial charge in [-0.2, -0.15) is 0 Å². The van der Waals surface area contributed by atoms with Crippen molar-refractivity contribution in [1.29, 1.82) is 0 Å². The monoisotopic (exact) mass is 823 g/mol. The topological polar surface area (TPSA) is 30.7 Å². The van der Waals surface area contributed by atoms with Gasteiger partial charge in [0.2, 0.25) is 5.95 Å². The zero-order chi connectivity index (χ0) is 42.0. The maximum absolute atomic E-state index is 5.54. The predicted molar refractivity (Wildman–Crippen MR) is 272 cm³/mol. The second-order valence-electron chi connectivity index (χ2n) is 16.4. The van der Waals surface area contributed by atoms with Crippen LogP contribution in [0.5, 0.6) is 0 Å². The molecule has 0 N–H and O–H groups in total. The first-order chi connectivity index (χ1) is 31.1. The van der Waals surface area contributed by atoms with Gasteiger partial charge in [0, 0.05) is 47.5 Å². The van der Waals surface area contributed by atoms with Crippen molar-refractivity contribution >= 4 is 96.5 Å². The molecule has 0 atom stereocenters. The first-order valence-electron chi connectivity index (χ1n) is 21.8. The highest BCUT2D eigenvalue weighted by atomic mass is 32.1. The van der Waals surface area contributed by atoms with Crippen LogP contribution in [-0.2, 0) is 0 Å². The van der Waals surface area contributed by atoms with Gasteiger partial charge in [-0.3, -0.25) is 4.57 Å². The van der Waals surface area contributed by atoms with E-state index in [1.54, 1.807) is 0 Å². The van der Waals surface area contributed by atoms with Gasteiger partial charge in [0.05, 0.1) is 22.2 Å². The highest BCUT2D eigenvalue weighted by molar-refractivity contribution is 7.26. The Balaban J connectivity index is 0.00000137. The van der Waals surface area contributed by atoms with E-state index in [-0.39, 0.29) is 0 Å². The van der Waals surface area contributed by atoms with Crippen molar-refractivity contribution in [2.45, 2.75) is 20.3 Å². The summed E-state index contributed by atoms with van der Waals surface area (Å²) in [7, 11) is 0. The summed E-state index contributed by atoms with van der Waals surface area (Å²) in [4.78, 5) is 10.9. The molecular weight excluding hydrogens is 783 g/mol. The third kappa shape index (κ3) is 6.09. The van der Waals surface area contributed by atoms with Crippen LogP contribution in [-0.4, -0.2) is 14.5 Å². The maximum atomic E-state index is 5.54. The van der Waals surface area contributed by atoms with Gasteiger partial charge in [-0.15, -0.1) is 11.3 Å². The number of para-hydroxylation sites is 2. The van der Waals surface area contributed by atoms with Crippen LogP contribution >= 0.6 is 11.3 Å². The largest absolute Gasteiger partial charge is 0.277 e. The zero-order valence-electron chi connectivity index (χ0n) is 35.0. The van der Waals surface area contributed by atoms with Gasteiger partial charge in [0.25, 0.3) is 0 Å². The van der Waals surface area contributed by atoms with Crippen LogP contribution in [0, 0.1) is 0 Å². The smallest absolute Gasteiger partial charge is 0.235 e. The number of rotatable bonds is 4. The summed E-state index contributed by atoms with van der Waals surface area (Å²) >= 11 is 1.87. The minimum absolute atomic E-state index is 0.652. The Labute approximate surface area is 369 Å². The summed E-state index contributed by atoms with van der Waals surface area (Å²) < 4.78 is 4.90. The normalized spacial score (nSPS) is 11.7. The van der Waals surface area contributed by atoms with E-state index in [4.69, 9.17) is 9.97 Å². The van der Waals surface area contributed by atoms with Crippen LogP contribution in [0.4, 0.5) is 0 Å². The number of nitrogens with zero attached hydrogens (tertiary/aromatic N) is 3. The Kier molecular flexibility index (Phi) is 8.87. The van der Waals surface area contributed by atoms with E-state index in [1.165, 1.54) is 86.4 Å². The van der Waals surface area contributed by atoms with E-state index < -0.39 is 0 Å². The van der Waals surface area contributed by atoms with Gasteiger partial charge in [0.15, 0.2) is 0 Å². The fourth-order valence-electron chi connectivity index (χ4n) is 9.57. The Bertz CT molecular complexity index is 3910. The molecule has 298 valence electrons. The van der Waals surface area contributed by atoms with Gasteiger partial charge in [0.1, 0.15) is 0 Å². The summed E-state index contributed by atoms with van der Waals surface area (Å²) in [5.74, 6) is 0.652. The lowest BCUT2D eigenvalue weighted by Gasteiger charge is -2.14. The molecule has 0 bridgehead atoms. The van der Waals surface area contributed by atoms with Crippen LogP contribution in [0.1, 0.15) is 20.3 Å². The fourth-order valence-corrected chi connectivity index (χ4v) is 10.7. The first kappa shape index (κ1) is 37.1. The number of thiophene rings is 1. The van der Waals surface area contributed by atoms with E-state index >= 15 is 0 Å². The molecule has 0 saturated heterocycles. The van der Waals surface area contributed by atoms with Crippen molar-refractivity contribution < 1.29 is 0 Å². The lowest BCUT2D eigenvalue weighted by Crippen LogP contribution is -2.04. The van der Waals surface area contributed by atoms with E-state index in [0.29, 0.717) is 5.95 Å². The van der Waals surface area contributed by atoms with Crippen LogP contribution in [0.15, 0.2) is 200 Å².